The highest BCUT2D eigenvalue weighted by atomic mass is 79.9. The van der Waals surface area contributed by atoms with Crippen molar-refractivity contribution in [3.63, 3.8) is 0 Å². The van der Waals surface area contributed by atoms with E-state index in [9.17, 15) is 14.0 Å². The SMILES string of the molecule is CC(=O)NCC(=O)N1CCCC1c1ccc(Br)c(F)c1. The van der Waals surface area contributed by atoms with E-state index in [4.69, 9.17) is 0 Å². The normalized spacial score (nSPS) is 18.1. The molecular formula is C14H16BrFN2O2. The van der Waals surface area contributed by atoms with Crippen LogP contribution in [-0.2, 0) is 9.59 Å². The summed E-state index contributed by atoms with van der Waals surface area (Å²) in [5, 5.41) is 2.50. The average molecular weight is 343 g/mol. The molecular weight excluding hydrogens is 327 g/mol. The van der Waals surface area contributed by atoms with Crippen LogP contribution in [0.2, 0.25) is 0 Å². The molecule has 1 aromatic carbocycles. The Bertz CT molecular complexity index is 536. The van der Waals surface area contributed by atoms with Gasteiger partial charge in [0.1, 0.15) is 5.82 Å². The van der Waals surface area contributed by atoms with Gasteiger partial charge in [-0.25, -0.2) is 4.39 Å². The zero-order valence-corrected chi connectivity index (χ0v) is 12.7. The largest absolute Gasteiger partial charge is 0.347 e. The van der Waals surface area contributed by atoms with Crippen LogP contribution in [0.25, 0.3) is 0 Å². The van der Waals surface area contributed by atoms with Crippen LogP contribution in [0.4, 0.5) is 4.39 Å². The van der Waals surface area contributed by atoms with Gasteiger partial charge < -0.3 is 10.2 Å². The molecule has 6 heteroatoms. The number of amides is 2. The summed E-state index contributed by atoms with van der Waals surface area (Å²) >= 11 is 3.12. The number of carbonyl (C=O) groups excluding carboxylic acids is 2. The Kier molecular flexibility index (Phi) is 4.75. The average Bonchev–Trinajstić information content (AvgIpc) is 2.88. The molecule has 0 radical (unpaired) electrons. The van der Waals surface area contributed by atoms with Crippen molar-refractivity contribution in [1.29, 1.82) is 0 Å². The van der Waals surface area contributed by atoms with E-state index in [0.29, 0.717) is 11.0 Å². The van der Waals surface area contributed by atoms with Gasteiger partial charge in [-0.05, 0) is 46.5 Å². The van der Waals surface area contributed by atoms with Gasteiger partial charge in [-0.15, -0.1) is 0 Å². The monoisotopic (exact) mass is 342 g/mol. The van der Waals surface area contributed by atoms with Crippen molar-refractivity contribution in [2.75, 3.05) is 13.1 Å². The third kappa shape index (κ3) is 3.36. The van der Waals surface area contributed by atoms with Gasteiger partial charge in [0.25, 0.3) is 0 Å². The van der Waals surface area contributed by atoms with Crippen LogP contribution in [-0.4, -0.2) is 29.8 Å². The summed E-state index contributed by atoms with van der Waals surface area (Å²) in [5.41, 5.74) is 0.791. The molecule has 1 aliphatic heterocycles. The van der Waals surface area contributed by atoms with Crippen molar-refractivity contribution < 1.29 is 14.0 Å². The number of nitrogens with one attached hydrogen (secondary N) is 1. The Balaban J connectivity index is 2.12. The Labute approximate surface area is 125 Å². The fourth-order valence-electron chi connectivity index (χ4n) is 2.43. The minimum atomic E-state index is -0.330. The minimum absolute atomic E-state index is 0.00908. The molecule has 108 valence electrons. The van der Waals surface area contributed by atoms with Gasteiger partial charge in [0.2, 0.25) is 11.8 Å². The molecule has 4 nitrogen and oxygen atoms in total. The molecule has 1 fully saturated rings. The van der Waals surface area contributed by atoms with Gasteiger partial charge >= 0.3 is 0 Å². The first-order chi connectivity index (χ1) is 9.49. The van der Waals surface area contributed by atoms with Crippen LogP contribution in [0.15, 0.2) is 22.7 Å². The van der Waals surface area contributed by atoms with Gasteiger partial charge in [-0.2, -0.15) is 0 Å². The highest BCUT2D eigenvalue weighted by Crippen LogP contribution is 2.33. The van der Waals surface area contributed by atoms with Crippen LogP contribution >= 0.6 is 15.9 Å². The van der Waals surface area contributed by atoms with Crippen molar-refractivity contribution in [3.8, 4) is 0 Å². The van der Waals surface area contributed by atoms with E-state index >= 15 is 0 Å². The summed E-state index contributed by atoms with van der Waals surface area (Å²) in [5.74, 6) is -0.696. The van der Waals surface area contributed by atoms with Crippen LogP contribution in [0.3, 0.4) is 0 Å². The first-order valence-corrected chi connectivity index (χ1v) is 7.27. The maximum atomic E-state index is 13.6. The zero-order chi connectivity index (χ0) is 14.7. The third-order valence-corrected chi connectivity index (χ3v) is 4.03. The number of rotatable bonds is 3. The minimum Gasteiger partial charge on any atom is -0.347 e. The molecule has 2 rings (SSSR count). The molecule has 0 bridgehead atoms. The third-order valence-electron chi connectivity index (χ3n) is 3.39. The predicted octanol–water partition coefficient (Wildman–Crippen LogP) is 2.39. The molecule has 0 saturated carbocycles. The summed E-state index contributed by atoms with van der Waals surface area (Å²) in [4.78, 5) is 24.7. The molecule has 20 heavy (non-hydrogen) atoms. The lowest BCUT2D eigenvalue weighted by molar-refractivity contribution is -0.133. The van der Waals surface area contributed by atoms with Crippen molar-refractivity contribution in [2.24, 2.45) is 0 Å². The number of nitrogens with zero attached hydrogens (tertiary/aromatic N) is 1. The summed E-state index contributed by atoms with van der Waals surface area (Å²) in [6, 6.07) is 4.82. The molecule has 1 saturated heterocycles. The van der Waals surface area contributed by atoms with E-state index in [2.05, 4.69) is 21.2 Å². The summed E-state index contributed by atoms with van der Waals surface area (Å²) in [7, 11) is 0. The molecule has 2 amide bonds. The number of hydrogen-bond donors (Lipinski definition) is 1. The van der Waals surface area contributed by atoms with Crippen molar-refractivity contribution in [2.45, 2.75) is 25.8 Å². The number of halogens is 2. The molecule has 1 unspecified atom stereocenters. The van der Waals surface area contributed by atoms with E-state index in [0.717, 1.165) is 18.4 Å². The first kappa shape index (κ1) is 15.0. The van der Waals surface area contributed by atoms with Gasteiger partial charge in [0.05, 0.1) is 17.1 Å². The first-order valence-electron chi connectivity index (χ1n) is 6.48. The fraction of sp³-hybridized carbons (Fsp3) is 0.429. The number of benzene rings is 1. The second-order valence-corrected chi connectivity index (χ2v) is 5.68. The lowest BCUT2D eigenvalue weighted by Crippen LogP contribution is -2.39. The number of likely N-dealkylation sites (tertiary alicyclic amines) is 1. The Morgan fingerprint density at radius 2 is 2.25 bits per heavy atom. The Morgan fingerprint density at radius 3 is 2.90 bits per heavy atom. The second-order valence-electron chi connectivity index (χ2n) is 4.83. The Morgan fingerprint density at radius 1 is 1.50 bits per heavy atom. The molecule has 1 atom stereocenters. The highest BCUT2D eigenvalue weighted by Gasteiger charge is 2.30. The molecule has 1 aromatic rings. The summed E-state index contributed by atoms with van der Waals surface area (Å²) in [6.45, 7) is 2.00. The quantitative estimate of drug-likeness (QED) is 0.916. The lowest BCUT2D eigenvalue weighted by Gasteiger charge is -2.25. The second kappa shape index (κ2) is 6.35. The highest BCUT2D eigenvalue weighted by molar-refractivity contribution is 9.10. The lowest BCUT2D eigenvalue weighted by atomic mass is 10.0. The molecule has 0 aliphatic carbocycles. The van der Waals surface area contributed by atoms with Crippen LogP contribution in [0, 0.1) is 5.82 Å². The molecule has 0 aromatic heterocycles. The number of carbonyl (C=O) groups is 2. The van der Waals surface area contributed by atoms with Gasteiger partial charge in [-0.1, -0.05) is 6.07 Å². The topological polar surface area (TPSA) is 49.4 Å². The predicted molar refractivity (Wildman–Crippen MR) is 76.5 cm³/mol. The summed E-state index contributed by atoms with van der Waals surface area (Å²) < 4.78 is 14.0. The van der Waals surface area contributed by atoms with E-state index in [1.807, 2.05) is 6.07 Å². The van der Waals surface area contributed by atoms with Crippen LogP contribution in [0.5, 0.6) is 0 Å². The molecule has 1 aliphatic rings. The molecule has 1 heterocycles. The van der Waals surface area contributed by atoms with E-state index < -0.39 is 0 Å². The van der Waals surface area contributed by atoms with Crippen LogP contribution < -0.4 is 5.32 Å². The van der Waals surface area contributed by atoms with Gasteiger partial charge in [-0.3, -0.25) is 9.59 Å². The smallest absolute Gasteiger partial charge is 0.242 e. The van der Waals surface area contributed by atoms with Crippen molar-refractivity contribution in [1.82, 2.24) is 10.2 Å². The maximum Gasteiger partial charge on any atom is 0.242 e. The molecule has 1 N–H and O–H groups in total. The number of hydrogen-bond acceptors (Lipinski definition) is 2. The van der Waals surface area contributed by atoms with E-state index in [-0.39, 0.29) is 30.2 Å². The van der Waals surface area contributed by atoms with Gasteiger partial charge in [0.15, 0.2) is 0 Å². The van der Waals surface area contributed by atoms with E-state index in [1.54, 1.807) is 11.0 Å². The fourth-order valence-corrected chi connectivity index (χ4v) is 2.68. The van der Waals surface area contributed by atoms with Gasteiger partial charge in [0, 0.05) is 13.5 Å². The Hall–Kier alpha value is -1.43. The van der Waals surface area contributed by atoms with Crippen molar-refractivity contribution >= 4 is 27.7 Å². The maximum absolute atomic E-state index is 13.6. The van der Waals surface area contributed by atoms with E-state index in [1.165, 1.54) is 13.0 Å². The molecule has 0 spiro atoms. The van der Waals surface area contributed by atoms with Crippen LogP contribution in [0.1, 0.15) is 31.4 Å². The summed E-state index contributed by atoms with van der Waals surface area (Å²) in [6.07, 6.45) is 1.70. The zero-order valence-electron chi connectivity index (χ0n) is 11.2. The van der Waals surface area contributed by atoms with Crippen molar-refractivity contribution in [3.05, 3.63) is 34.1 Å². The standard InChI is InChI=1S/C14H16BrFN2O2/c1-9(19)17-8-14(20)18-6-2-3-13(18)10-4-5-11(15)12(16)7-10/h4-5,7,13H,2-3,6,8H2,1H3,(H,17,19).